The lowest BCUT2D eigenvalue weighted by atomic mass is 9.85. The van der Waals surface area contributed by atoms with E-state index >= 15 is 0 Å². The molecule has 0 bridgehead atoms. The van der Waals surface area contributed by atoms with Crippen LogP contribution in [-0.2, 0) is 11.2 Å². The van der Waals surface area contributed by atoms with Gasteiger partial charge in [-0.25, -0.2) is 4.98 Å². The van der Waals surface area contributed by atoms with Gasteiger partial charge in [-0.1, -0.05) is 13.8 Å². The van der Waals surface area contributed by atoms with Gasteiger partial charge in [-0.2, -0.15) is 0 Å². The van der Waals surface area contributed by atoms with Gasteiger partial charge in [-0.15, -0.1) is 11.3 Å². The topological polar surface area (TPSA) is 82.5 Å². The first-order valence-corrected chi connectivity index (χ1v) is 8.06. The van der Waals surface area contributed by atoms with Gasteiger partial charge in [-0.3, -0.25) is 14.5 Å². The summed E-state index contributed by atoms with van der Waals surface area (Å²) in [4.78, 5) is 29.6. The number of nitrogens with zero attached hydrogens (tertiary/aromatic N) is 2. The third-order valence-corrected chi connectivity index (χ3v) is 4.93. The summed E-state index contributed by atoms with van der Waals surface area (Å²) in [6, 6.07) is 0.390. The second-order valence-corrected chi connectivity index (χ2v) is 6.34. The average Bonchev–Trinajstić information content (AvgIpc) is 2.88. The average molecular weight is 311 g/mol. The summed E-state index contributed by atoms with van der Waals surface area (Å²) in [6.07, 6.45) is 4.08. The number of likely N-dealkylation sites (N-methyl/N-ethyl adjacent to an activating group) is 1. The molecule has 21 heavy (non-hydrogen) atoms. The fraction of sp³-hybridized carbons (Fsp3) is 0.643. The normalized spacial score (nSPS) is 21.1. The lowest BCUT2D eigenvalue weighted by molar-refractivity contribution is -0.139. The van der Waals surface area contributed by atoms with Gasteiger partial charge in [0.25, 0.3) is 5.91 Å². The fourth-order valence-corrected chi connectivity index (χ4v) is 3.27. The molecule has 0 spiro atoms. The van der Waals surface area contributed by atoms with E-state index in [0.29, 0.717) is 11.4 Å². The van der Waals surface area contributed by atoms with Crippen LogP contribution >= 0.6 is 11.3 Å². The molecule has 2 N–H and O–H groups in total. The Morgan fingerprint density at radius 3 is 2.71 bits per heavy atom. The Morgan fingerprint density at radius 2 is 2.19 bits per heavy atom. The largest absolute Gasteiger partial charge is 0.480 e. The monoisotopic (exact) mass is 311 g/mol. The van der Waals surface area contributed by atoms with Gasteiger partial charge in [0.2, 0.25) is 0 Å². The number of carbonyl (C=O) groups is 2. The van der Waals surface area contributed by atoms with E-state index in [9.17, 15) is 9.59 Å². The third-order valence-electron chi connectivity index (χ3n) is 3.79. The first-order valence-electron chi connectivity index (χ1n) is 7.24. The van der Waals surface area contributed by atoms with Crippen molar-refractivity contribution in [3.8, 4) is 0 Å². The van der Waals surface area contributed by atoms with Crippen LogP contribution in [0.25, 0.3) is 0 Å². The molecule has 0 saturated heterocycles. The van der Waals surface area contributed by atoms with Crippen molar-refractivity contribution in [1.29, 1.82) is 0 Å². The minimum atomic E-state index is -0.805. The molecular weight excluding hydrogens is 290 g/mol. The number of amides is 1. The number of aryl methyl sites for hydroxylation is 1. The van der Waals surface area contributed by atoms with E-state index in [-0.39, 0.29) is 24.5 Å². The number of thiazole rings is 1. The van der Waals surface area contributed by atoms with E-state index in [1.54, 1.807) is 6.20 Å². The summed E-state index contributed by atoms with van der Waals surface area (Å²) in [6.45, 7) is 4.75. The highest BCUT2D eigenvalue weighted by molar-refractivity contribution is 7.13. The molecule has 1 aromatic rings. The second-order valence-electron chi connectivity index (χ2n) is 5.22. The van der Waals surface area contributed by atoms with Gasteiger partial charge in [0.15, 0.2) is 0 Å². The predicted octanol–water partition coefficient (Wildman–Crippen LogP) is 1.37. The molecule has 6 nitrogen and oxygen atoms in total. The molecule has 0 aliphatic heterocycles. The zero-order chi connectivity index (χ0) is 15.4. The van der Waals surface area contributed by atoms with Crippen LogP contribution in [-0.4, -0.2) is 52.0 Å². The van der Waals surface area contributed by atoms with E-state index in [1.807, 2.05) is 18.7 Å². The van der Waals surface area contributed by atoms with Crippen molar-refractivity contribution in [1.82, 2.24) is 15.2 Å². The van der Waals surface area contributed by atoms with Crippen LogP contribution in [0.15, 0.2) is 6.20 Å². The van der Waals surface area contributed by atoms with Gasteiger partial charge in [0.05, 0.1) is 17.7 Å². The van der Waals surface area contributed by atoms with Crippen LogP contribution in [0.2, 0.25) is 0 Å². The van der Waals surface area contributed by atoms with E-state index in [2.05, 4.69) is 10.3 Å². The molecule has 1 fully saturated rings. The third kappa shape index (κ3) is 4.01. The minimum absolute atomic E-state index is 0.0660. The molecule has 1 aromatic heterocycles. The van der Waals surface area contributed by atoms with Crippen molar-refractivity contribution in [2.45, 2.75) is 45.2 Å². The number of hydrogen-bond donors (Lipinski definition) is 2. The molecule has 116 valence electrons. The molecule has 1 aliphatic rings. The maximum Gasteiger partial charge on any atom is 0.317 e. The number of hydrogen-bond acceptors (Lipinski definition) is 5. The number of nitrogens with one attached hydrogen (secondary N) is 1. The fourth-order valence-electron chi connectivity index (χ4n) is 2.51. The van der Waals surface area contributed by atoms with Gasteiger partial charge in [-0.05, 0) is 25.8 Å². The smallest absolute Gasteiger partial charge is 0.317 e. The lowest BCUT2D eigenvalue weighted by Gasteiger charge is -2.42. The molecule has 1 heterocycles. The number of rotatable bonds is 7. The minimum Gasteiger partial charge on any atom is -0.480 e. The van der Waals surface area contributed by atoms with Crippen molar-refractivity contribution in [3.05, 3.63) is 16.1 Å². The van der Waals surface area contributed by atoms with Crippen LogP contribution in [0, 0.1) is 0 Å². The summed E-state index contributed by atoms with van der Waals surface area (Å²) >= 11 is 1.43. The lowest BCUT2D eigenvalue weighted by Crippen LogP contribution is -2.54. The Morgan fingerprint density at radius 1 is 1.48 bits per heavy atom. The summed E-state index contributed by atoms with van der Waals surface area (Å²) < 4.78 is 0. The Kier molecular flexibility index (Phi) is 5.30. The molecule has 0 unspecified atom stereocenters. The van der Waals surface area contributed by atoms with Crippen molar-refractivity contribution >= 4 is 23.2 Å². The number of aromatic nitrogens is 1. The van der Waals surface area contributed by atoms with Gasteiger partial charge < -0.3 is 10.4 Å². The molecule has 1 aliphatic carbocycles. The van der Waals surface area contributed by atoms with Gasteiger partial charge in [0.1, 0.15) is 4.88 Å². The molecule has 1 saturated carbocycles. The van der Waals surface area contributed by atoms with E-state index in [4.69, 9.17) is 5.11 Å². The predicted molar refractivity (Wildman–Crippen MR) is 80.7 cm³/mol. The summed E-state index contributed by atoms with van der Waals surface area (Å²) in [5.41, 5.74) is 0. The van der Waals surface area contributed by atoms with Crippen LogP contribution in [0.1, 0.15) is 41.4 Å². The molecule has 0 aromatic carbocycles. The maximum atomic E-state index is 12.1. The van der Waals surface area contributed by atoms with Crippen molar-refractivity contribution in [2.75, 3.05) is 13.1 Å². The van der Waals surface area contributed by atoms with Crippen LogP contribution < -0.4 is 5.32 Å². The van der Waals surface area contributed by atoms with Crippen LogP contribution in [0.4, 0.5) is 0 Å². The summed E-state index contributed by atoms with van der Waals surface area (Å²) in [7, 11) is 0. The number of carboxylic acid groups (broad SMARTS) is 1. The molecule has 0 radical (unpaired) electrons. The highest BCUT2D eigenvalue weighted by Crippen LogP contribution is 2.26. The Hall–Kier alpha value is -1.47. The van der Waals surface area contributed by atoms with Crippen LogP contribution in [0.3, 0.4) is 0 Å². The number of aliphatic carboxylic acids is 1. The van der Waals surface area contributed by atoms with Crippen LogP contribution in [0.5, 0.6) is 0 Å². The SMILES string of the molecule is CCc1ncc(C(=O)NC2CC(N(CC)CC(=O)O)C2)s1. The van der Waals surface area contributed by atoms with E-state index < -0.39 is 5.97 Å². The molecular formula is C14H21N3O3S. The van der Waals surface area contributed by atoms with Crippen molar-refractivity contribution in [3.63, 3.8) is 0 Å². The molecule has 7 heteroatoms. The van der Waals surface area contributed by atoms with E-state index in [0.717, 1.165) is 24.3 Å². The molecule has 1 amide bonds. The first kappa shape index (κ1) is 15.9. The highest BCUT2D eigenvalue weighted by Gasteiger charge is 2.34. The first-order chi connectivity index (χ1) is 10.0. The van der Waals surface area contributed by atoms with Gasteiger partial charge in [0, 0.05) is 12.1 Å². The maximum absolute atomic E-state index is 12.1. The number of carboxylic acids is 1. The van der Waals surface area contributed by atoms with E-state index in [1.165, 1.54) is 11.3 Å². The number of carbonyl (C=O) groups excluding carboxylic acids is 1. The molecule has 0 atom stereocenters. The Balaban J connectivity index is 1.79. The van der Waals surface area contributed by atoms with Crippen molar-refractivity contribution in [2.24, 2.45) is 0 Å². The molecule has 2 rings (SSSR count). The Labute approximate surface area is 128 Å². The van der Waals surface area contributed by atoms with Gasteiger partial charge >= 0.3 is 5.97 Å². The van der Waals surface area contributed by atoms with Crippen molar-refractivity contribution < 1.29 is 14.7 Å². The summed E-state index contributed by atoms with van der Waals surface area (Å²) in [5.74, 6) is -0.877. The highest BCUT2D eigenvalue weighted by atomic mass is 32.1. The quantitative estimate of drug-likeness (QED) is 0.795. The zero-order valence-electron chi connectivity index (χ0n) is 12.3. The standard InChI is InChI=1S/C14H21N3O3S/c1-3-12-15-7-11(21-12)14(20)16-9-5-10(6-9)17(4-2)8-13(18)19/h7,9-10H,3-6,8H2,1-2H3,(H,16,20)(H,18,19). The summed E-state index contributed by atoms with van der Waals surface area (Å²) in [5, 5.41) is 12.8. The Bertz CT molecular complexity index is 511. The zero-order valence-corrected chi connectivity index (χ0v) is 13.2. The second kappa shape index (κ2) is 7.00.